The van der Waals surface area contributed by atoms with E-state index in [1.807, 2.05) is 30.3 Å². The largest absolute Gasteiger partial charge is 0.357 e. The number of H-pyrrole nitrogens is 1. The van der Waals surface area contributed by atoms with Gasteiger partial charge in [0.1, 0.15) is 5.82 Å². The third-order valence-electron chi connectivity index (χ3n) is 1.98. The van der Waals surface area contributed by atoms with Crippen LogP contribution in [0.15, 0.2) is 30.3 Å². The second kappa shape index (κ2) is 4.02. The van der Waals surface area contributed by atoms with E-state index in [0.717, 1.165) is 30.2 Å². The van der Waals surface area contributed by atoms with Crippen molar-refractivity contribution >= 4 is 0 Å². The van der Waals surface area contributed by atoms with Gasteiger partial charge >= 0.3 is 0 Å². The molecule has 0 bridgehead atoms. The molecule has 4 nitrogen and oxygen atoms in total. The number of benzene rings is 1. The summed E-state index contributed by atoms with van der Waals surface area (Å²) in [6.07, 6.45) is 0.847. The van der Waals surface area contributed by atoms with Crippen molar-refractivity contribution < 1.29 is 5.73 Å². The van der Waals surface area contributed by atoms with Gasteiger partial charge in [0, 0.05) is 5.56 Å². The number of quaternary nitrogens is 1. The lowest BCUT2D eigenvalue weighted by Gasteiger charge is -1.91. The maximum absolute atomic E-state index is 4.36. The van der Waals surface area contributed by atoms with Crippen LogP contribution in [-0.4, -0.2) is 21.7 Å². The molecule has 0 saturated carbocycles. The van der Waals surface area contributed by atoms with E-state index in [1.54, 1.807) is 0 Å². The van der Waals surface area contributed by atoms with Gasteiger partial charge in [0.25, 0.3) is 0 Å². The molecule has 1 heterocycles. The fraction of sp³-hybridized carbons (Fsp3) is 0.200. The first-order valence-electron chi connectivity index (χ1n) is 4.66. The molecule has 4 heteroatoms. The number of aromatic amines is 1. The van der Waals surface area contributed by atoms with Gasteiger partial charge in [-0.25, -0.2) is 4.98 Å². The van der Waals surface area contributed by atoms with Crippen LogP contribution in [0, 0.1) is 0 Å². The smallest absolute Gasteiger partial charge is 0.181 e. The standard InChI is InChI=1S/C10H12N4/c11-7-6-9-12-10(14-13-9)8-4-2-1-3-5-8/h1-5H,6-7,11H2,(H,12,13,14)/p+1. The van der Waals surface area contributed by atoms with Crippen molar-refractivity contribution in [2.75, 3.05) is 6.54 Å². The van der Waals surface area contributed by atoms with Gasteiger partial charge in [0.15, 0.2) is 5.82 Å². The molecule has 0 spiro atoms. The Labute approximate surface area is 82.2 Å². The zero-order valence-electron chi connectivity index (χ0n) is 7.90. The average molecular weight is 189 g/mol. The molecule has 0 aliphatic carbocycles. The van der Waals surface area contributed by atoms with Crippen molar-refractivity contribution in [1.29, 1.82) is 0 Å². The van der Waals surface area contributed by atoms with Crippen molar-refractivity contribution in [2.24, 2.45) is 0 Å². The van der Waals surface area contributed by atoms with E-state index in [4.69, 9.17) is 0 Å². The Kier molecular flexibility index (Phi) is 2.55. The summed E-state index contributed by atoms with van der Waals surface area (Å²) in [4.78, 5) is 4.36. The lowest BCUT2D eigenvalue weighted by Crippen LogP contribution is -2.51. The Morgan fingerprint density at radius 1 is 1.21 bits per heavy atom. The predicted octanol–water partition coefficient (Wildman–Crippen LogP) is 0.256. The summed E-state index contributed by atoms with van der Waals surface area (Å²) in [5.74, 6) is 1.66. The Bertz CT molecular complexity index is 394. The maximum atomic E-state index is 4.36. The van der Waals surface area contributed by atoms with Crippen molar-refractivity contribution in [2.45, 2.75) is 6.42 Å². The number of hydrogen-bond acceptors (Lipinski definition) is 2. The highest BCUT2D eigenvalue weighted by atomic mass is 15.2. The summed E-state index contributed by atoms with van der Waals surface area (Å²) in [6, 6.07) is 9.93. The van der Waals surface area contributed by atoms with Crippen molar-refractivity contribution in [3.8, 4) is 11.4 Å². The molecule has 2 rings (SSSR count). The number of aromatic nitrogens is 3. The third kappa shape index (κ3) is 1.80. The van der Waals surface area contributed by atoms with Gasteiger partial charge in [-0.05, 0) is 0 Å². The quantitative estimate of drug-likeness (QED) is 0.727. The molecule has 0 radical (unpaired) electrons. The number of hydrogen-bond donors (Lipinski definition) is 2. The second-order valence-corrected chi connectivity index (χ2v) is 3.08. The fourth-order valence-corrected chi connectivity index (χ4v) is 1.29. The van der Waals surface area contributed by atoms with Crippen LogP contribution in [0.4, 0.5) is 0 Å². The van der Waals surface area contributed by atoms with Crippen LogP contribution < -0.4 is 5.73 Å². The molecule has 0 fully saturated rings. The predicted molar refractivity (Wildman–Crippen MR) is 53.3 cm³/mol. The minimum absolute atomic E-state index is 0.758. The van der Waals surface area contributed by atoms with E-state index >= 15 is 0 Å². The first kappa shape index (κ1) is 8.90. The topological polar surface area (TPSA) is 69.2 Å². The number of nitrogens with one attached hydrogen (secondary N) is 1. The molecule has 0 saturated heterocycles. The van der Waals surface area contributed by atoms with E-state index in [9.17, 15) is 0 Å². The molecule has 14 heavy (non-hydrogen) atoms. The molecule has 0 amide bonds. The normalized spacial score (nSPS) is 10.4. The minimum Gasteiger partial charge on any atom is -0.357 e. The van der Waals surface area contributed by atoms with Crippen molar-refractivity contribution in [3.63, 3.8) is 0 Å². The molecule has 0 aliphatic rings. The minimum atomic E-state index is 0.758. The van der Waals surface area contributed by atoms with Gasteiger partial charge in [-0.1, -0.05) is 30.3 Å². The van der Waals surface area contributed by atoms with E-state index < -0.39 is 0 Å². The molecule has 4 N–H and O–H groups in total. The second-order valence-electron chi connectivity index (χ2n) is 3.08. The van der Waals surface area contributed by atoms with Gasteiger partial charge in [-0.3, -0.25) is 5.10 Å². The van der Waals surface area contributed by atoms with E-state index in [-0.39, 0.29) is 0 Å². The van der Waals surface area contributed by atoms with E-state index in [2.05, 4.69) is 20.9 Å². The van der Waals surface area contributed by atoms with Crippen LogP contribution in [0.3, 0.4) is 0 Å². The zero-order chi connectivity index (χ0) is 9.80. The first-order chi connectivity index (χ1) is 6.90. The highest BCUT2D eigenvalue weighted by molar-refractivity contribution is 5.53. The summed E-state index contributed by atoms with van der Waals surface area (Å²) >= 11 is 0. The molecular formula is C10H13N4+. The zero-order valence-corrected chi connectivity index (χ0v) is 7.90. The van der Waals surface area contributed by atoms with Gasteiger partial charge in [0.05, 0.1) is 13.0 Å². The molecule has 72 valence electrons. The Morgan fingerprint density at radius 2 is 2.00 bits per heavy atom. The Morgan fingerprint density at radius 3 is 2.71 bits per heavy atom. The van der Waals surface area contributed by atoms with Gasteiger partial charge in [0.2, 0.25) is 0 Å². The van der Waals surface area contributed by atoms with E-state index in [0.29, 0.717) is 0 Å². The highest BCUT2D eigenvalue weighted by Crippen LogP contribution is 2.12. The fourth-order valence-electron chi connectivity index (χ4n) is 1.29. The number of nitrogens with zero attached hydrogens (tertiary/aromatic N) is 2. The Balaban J connectivity index is 2.25. The summed E-state index contributed by atoms with van der Waals surface area (Å²) in [5.41, 5.74) is 4.82. The van der Waals surface area contributed by atoms with Crippen LogP contribution in [0.5, 0.6) is 0 Å². The van der Waals surface area contributed by atoms with Gasteiger partial charge in [-0.2, -0.15) is 5.10 Å². The molecule has 0 unspecified atom stereocenters. The average Bonchev–Trinajstić information content (AvgIpc) is 2.68. The first-order valence-corrected chi connectivity index (χ1v) is 4.66. The number of rotatable bonds is 3. The molecule has 1 aromatic heterocycles. The highest BCUT2D eigenvalue weighted by Gasteiger charge is 2.04. The van der Waals surface area contributed by atoms with Crippen molar-refractivity contribution in [3.05, 3.63) is 36.2 Å². The van der Waals surface area contributed by atoms with Gasteiger partial charge < -0.3 is 5.73 Å². The van der Waals surface area contributed by atoms with Crippen LogP contribution in [0.2, 0.25) is 0 Å². The summed E-state index contributed by atoms with van der Waals surface area (Å²) in [7, 11) is 0. The molecule has 0 atom stereocenters. The SMILES string of the molecule is [NH3+]CCc1nc(-c2ccccc2)n[nH]1. The van der Waals surface area contributed by atoms with Crippen LogP contribution in [0.25, 0.3) is 11.4 Å². The lowest BCUT2D eigenvalue weighted by atomic mass is 10.2. The third-order valence-corrected chi connectivity index (χ3v) is 1.98. The molecule has 2 aromatic rings. The summed E-state index contributed by atoms with van der Waals surface area (Å²) in [6.45, 7) is 0.837. The summed E-state index contributed by atoms with van der Waals surface area (Å²) < 4.78 is 0. The monoisotopic (exact) mass is 189 g/mol. The van der Waals surface area contributed by atoms with Crippen molar-refractivity contribution in [1.82, 2.24) is 15.2 Å². The lowest BCUT2D eigenvalue weighted by molar-refractivity contribution is -0.366. The van der Waals surface area contributed by atoms with E-state index in [1.165, 1.54) is 0 Å². The summed E-state index contributed by atoms with van der Waals surface area (Å²) in [5, 5.41) is 7.05. The molecular weight excluding hydrogens is 176 g/mol. The molecule has 0 aliphatic heterocycles. The van der Waals surface area contributed by atoms with Gasteiger partial charge in [-0.15, -0.1) is 0 Å². The van der Waals surface area contributed by atoms with Crippen LogP contribution >= 0.6 is 0 Å². The molecule has 1 aromatic carbocycles. The Hall–Kier alpha value is -1.68. The van der Waals surface area contributed by atoms with Crippen LogP contribution in [0.1, 0.15) is 5.82 Å². The van der Waals surface area contributed by atoms with Crippen LogP contribution in [-0.2, 0) is 6.42 Å². The maximum Gasteiger partial charge on any atom is 0.181 e.